The fraction of sp³-hybridized carbons (Fsp3) is 0.565. The number of benzene rings is 1. The second kappa shape index (κ2) is 8.52. The van der Waals surface area contributed by atoms with E-state index in [0.717, 1.165) is 39.1 Å². The van der Waals surface area contributed by atoms with Crippen molar-refractivity contribution in [3.63, 3.8) is 0 Å². The van der Waals surface area contributed by atoms with Gasteiger partial charge in [0.15, 0.2) is 0 Å². The molecule has 158 valence electrons. The van der Waals surface area contributed by atoms with Gasteiger partial charge in [0.2, 0.25) is 0 Å². The van der Waals surface area contributed by atoms with E-state index in [9.17, 15) is 13.2 Å². The Labute approximate surface area is 171 Å². The minimum atomic E-state index is -4.22. The minimum Gasteiger partial charge on any atom is -0.370 e. The van der Waals surface area contributed by atoms with Crippen LogP contribution in [0.15, 0.2) is 47.7 Å². The van der Waals surface area contributed by atoms with Gasteiger partial charge in [-0.05, 0) is 37.8 Å². The first-order valence-corrected chi connectivity index (χ1v) is 10.6. The predicted molar refractivity (Wildman–Crippen MR) is 109 cm³/mol. The lowest BCUT2D eigenvalue weighted by Crippen LogP contribution is -2.50. The van der Waals surface area contributed by atoms with Gasteiger partial charge >= 0.3 is 6.18 Å². The van der Waals surface area contributed by atoms with Gasteiger partial charge in [0, 0.05) is 57.6 Å². The number of allylic oxidation sites excluding steroid dienone is 3. The van der Waals surface area contributed by atoms with E-state index in [1.165, 1.54) is 11.1 Å². The molecule has 4 rings (SSSR count). The largest absolute Gasteiger partial charge is 0.414 e. The Balaban J connectivity index is 1.32. The molecule has 2 saturated heterocycles. The van der Waals surface area contributed by atoms with E-state index in [1.54, 1.807) is 6.08 Å². The minimum absolute atomic E-state index is 0.105. The standard InChI is InChI=1S/C23H30F3N3/c1-18-6-8-19(9-7-18)16-27-12-14-28(15-13-27)20-10-11-29(17-20)22-5-3-2-4-21(22)23(24,25)26/h3,5-9,20H,2,4,10-17H2,1H3. The molecule has 1 unspecified atom stereocenters. The lowest BCUT2D eigenvalue weighted by molar-refractivity contribution is -0.0959. The van der Waals surface area contributed by atoms with E-state index in [1.807, 2.05) is 11.0 Å². The highest BCUT2D eigenvalue weighted by Crippen LogP contribution is 2.37. The summed E-state index contributed by atoms with van der Waals surface area (Å²) in [6.07, 6.45) is 0.878. The summed E-state index contributed by atoms with van der Waals surface area (Å²) in [4.78, 5) is 6.91. The average molecular weight is 406 g/mol. The van der Waals surface area contributed by atoms with Crippen molar-refractivity contribution >= 4 is 0 Å². The fourth-order valence-corrected chi connectivity index (χ4v) is 4.73. The number of rotatable bonds is 4. The lowest BCUT2D eigenvalue weighted by Gasteiger charge is -2.38. The number of aryl methyl sites for hydroxylation is 1. The van der Waals surface area contributed by atoms with Crippen molar-refractivity contribution < 1.29 is 13.2 Å². The number of piperazine rings is 1. The molecule has 0 bridgehead atoms. The third kappa shape index (κ3) is 4.86. The number of nitrogens with zero attached hydrogens (tertiary/aromatic N) is 3. The Kier molecular flexibility index (Phi) is 6.02. The number of hydrogen-bond acceptors (Lipinski definition) is 3. The maximum absolute atomic E-state index is 13.4. The van der Waals surface area contributed by atoms with Gasteiger partial charge in [-0.15, -0.1) is 0 Å². The summed E-state index contributed by atoms with van der Waals surface area (Å²) < 4.78 is 40.2. The van der Waals surface area contributed by atoms with Crippen molar-refractivity contribution in [2.24, 2.45) is 0 Å². The van der Waals surface area contributed by atoms with Crippen molar-refractivity contribution in [3.05, 3.63) is 58.8 Å². The molecule has 6 heteroatoms. The first-order valence-electron chi connectivity index (χ1n) is 10.6. The normalized spacial score (nSPS) is 24.6. The Morgan fingerprint density at radius 1 is 1.00 bits per heavy atom. The number of likely N-dealkylation sites (tertiary alicyclic amines) is 1. The van der Waals surface area contributed by atoms with E-state index >= 15 is 0 Å². The summed E-state index contributed by atoms with van der Waals surface area (Å²) in [7, 11) is 0. The molecule has 2 heterocycles. The van der Waals surface area contributed by atoms with E-state index in [2.05, 4.69) is 41.0 Å². The van der Waals surface area contributed by atoms with Crippen molar-refractivity contribution in [2.45, 2.75) is 44.9 Å². The van der Waals surface area contributed by atoms with Crippen LogP contribution in [-0.2, 0) is 6.54 Å². The van der Waals surface area contributed by atoms with E-state index < -0.39 is 6.18 Å². The smallest absolute Gasteiger partial charge is 0.370 e. The van der Waals surface area contributed by atoms with Crippen LogP contribution in [0.1, 0.15) is 30.4 Å². The molecule has 1 atom stereocenters. The molecule has 0 aromatic heterocycles. The highest BCUT2D eigenvalue weighted by Gasteiger charge is 2.39. The van der Waals surface area contributed by atoms with E-state index in [-0.39, 0.29) is 12.0 Å². The van der Waals surface area contributed by atoms with Crippen LogP contribution in [0.4, 0.5) is 13.2 Å². The zero-order valence-corrected chi connectivity index (χ0v) is 17.1. The summed E-state index contributed by atoms with van der Waals surface area (Å²) in [5, 5.41) is 0. The molecule has 3 aliphatic rings. The molecule has 0 saturated carbocycles. The topological polar surface area (TPSA) is 9.72 Å². The molecule has 2 fully saturated rings. The predicted octanol–water partition coefficient (Wildman–Crippen LogP) is 4.35. The monoisotopic (exact) mass is 405 g/mol. The Bertz CT molecular complexity index is 759. The third-order valence-corrected chi connectivity index (χ3v) is 6.44. The molecule has 0 spiro atoms. The maximum atomic E-state index is 13.4. The fourth-order valence-electron chi connectivity index (χ4n) is 4.73. The van der Waals surface area contributed by atoms with Crippen LogP contribution < -0.4 is 0 Å². The highest BCUT2D eigenvalue weighted by molar-refractivity contribution is 5.32. The van der Waals surface area contributed by atoms with Gasteiger partial charge < -0.3 is 4.90 Å². The molecule has 2 aliphatic heterocycles. The molecular formula is C23H30F3N3. The SMILES string of the molecule is Cc1ccc(CN2CCN(C3CCN(C4=C(C(F)(F)F)CCC=C4)C3)CC2)cc1. The summed E-state index contributed by atoms with van der Waals surface area (Å²) in [6.45, 7) is 8.50. The third-order valence-electron chi connectivity index (χ3n) is 6.44. The van der Waals surface area contributed by atoms with Crippen molar-refractivity contribution in [1.29, 1.82) is 0 Å². The van der Waals surface area contributed by atoms with Crippen LogP contribution in [-0.4, -0.2) is 66.2 Å². The van der Waals surface area contributed by atoms with Gasteiger partial charge in [-0.25, -0.2) is 0 Å². The molecule has 1 aromatic rings. The molecule has 3 nitrogen and oxygen atoms in total. The van der Waals surface area contributed by atoms with Crippen molar-refractivity contribution in [1.82, 2.24) is 14.7 Å². The van der Waals surface area contributed by atoms with E-state index in [0.29, 0.717) is 31.2 Å². The van der Waals surface area contributed by atoms with Gasteiger partial charge in [-0.2, -0.15) is 13.2 Å². The van der Waals surface area contributed by atoms with Gasteiger partial charge in [0.25, 0.3) is 0 Å². The number of halogens is 3. The average Bonchev–Trinajstić information content (AvgIpc) is 3.20. The second-order valence-corrected chi connectivity index (χ2v) is 8.49. The highest BCUT2D eigenvalue weighted by atomic mass is 19.4. The zero-order valence-electron chi connectivity index (χ0n) is 17.1. The molecule has 0 amide bonds. The second-order valence-electron chi connectivity index (χ2n) is 8.49. The first kappa shape index (κ1) is 20.5. The van der Waals surface area contributed by atoms with Crippen LogP contribution in [0.2, 0.25) is 0 Å². The Morgan fingerprint density at radius 2 is 1.72 bits per heavy atom. The first-order chi connectivity index (χ1) is 13.9. The molecule has 29 heavy (non-hydrogen) atoms. The molecular weight excluding hydrogens is 375 g/mol. The van der Waals surface area contributed by atoms with Crippen LogP contribution in [0.5, 0.6) is 0 Å². The maximum Gasteiger partial charge on any atom is 0.414 e. The van der Waals surface area contributed by atoms with Gasteiger partial charge in [0.05, 0.1) is 5.57 Å². The molecule has 1 aliphatic carbocycles. The quantitative estimate of drug-likeness (QED) is 0.737. The molecule has 0 radical (unpaired) electrons. The van der Waals surface area contributed by atoms with Crippen molar-refractivity contribution in [3.8, 4) is 0 Å². The van der Waals surface area contributed by atoms with Crippen LogP contribution in [0.3, 0.4) is 0 Å². The lowest BCUT2D eigenvalue weighted by atomic mass is 10.0. The van der Waals surface area contributed by atoms with Gasteiger partial charge in [0.1, 0.15) is 0 Å². The zero-order chi connectivity index (χ0) is 20.4. The number of hydrogen-bond donors (Lipinski definition) is 0. The van der Waals surface area contributed by atoms with Gasteiger partial charge in [-0.3, -0.25) is 9.80 Å². The summed E-state index contributed by atoms with van der Waals surface area (Å²) in [5.74, 6) is 0. The Morgan fingerprint density at radius 3 is 2.41 bits per heavy atom. The summed E-state index contributed by atoms with van der Waals surface area (Å²) in [5.41, 5.74) is 2.68. The van der Waals surface area contributed by atoms with Crippen LogP contribution in [0.25, 0.3) is 0 Å². The van der Waals surface area contributed by atoms with Crippen LogP contribution >= 0.6 is 0 Å². The van der Waals surface area contributed by atoms with E-state index in [4.69, 9.17) is 0 Å². The van der Waals surface area contributed by atoms with Crippen molar-refractivity contribution in [2.75, 3.05) is 39.3 Å². The number of alkyl halides is 3. The van der Waals surface area contributed by atoms with Crippen LogP contribution in [0, 0.1) is 6.92 Å². The summed E-state index contributed by atoms with van der Waals surface area (Å²) in [6, 6.07) is 9.05. The Hall–Kier alpha value is -1.79. The van der Waals surface area contributed by atoms with Gasteiger partial charge in [-0.1, -0.05) is 35.9 Å². The summed E-state index contributed by atoms with van der Waals surface area (Å²) >= 11 is 0. The molecule has 1 aromatic carbocycles. The molecule has 0 N–H and O–H groups in total.